The van der Waals surface area contributed by atoms with E-state index in [1.54, 1.807) is 31.4 Å². The van der Waals surface area contributed by atoms with Crippen LogP contribution in [0.1, 0.15) is 20.7 Å². The Kier molecular flexibility index (Phi) is 4.45. The monoisotopic (exact) mass is 305 g/mol. The van der Waals surface area contributed by atoms with Crippen molar-refractivity contribution in [2.45, 2.75) is 0 Å². The largest absolute Gasteiger partial charge is 0.497 e. The number of methoxy groups -OCH3 is 1. The number of anilines is 1. The van der Waals surface area contributed by atoms with E-state index in [4.69, 9.17) is 21.4 Å². The van der Waals surface area contributed by atoms with Crippen molar-refractivity contribution in [3.05, 3.63) is 58.6 Å². The van der Waals surface area contributed by atoms with Crippen molar-refractivity contribution in [3.8, 4) is 5.75 Å². The average molecular weight is 306 g/mol. The predicted molar refractivity (Wildman–Crippen MR) is 79.4 cm³/mol. The zero-order valence-electron chi connectivity index (χ0n) is 11.1. The van der Waals surface area contributed by atoms with E-state index in [9.17, 15) is 9.59 Å². The fourth-order valence-corrected chi connectivity index (χ4v) is 1.94. The van der Waals surface area contributed by atoms with Gasteiger partial charge < -0.3 is 15.2 Å². The van der Waals surface area contributed by atoms with Crippen LogP contribution in [-0.4, -0.2) is 24.1 Å². The SMILES string of the molecule is COc1ccc(NC(=O)c2cc(Cl)ccc2C(=O)O)cc1. The minimum atomic E-state index is -1.19. The minimum absolute atomic E-state index is 0.00539. The van der Waals surface area contributed by atoms with Crippen molar-refractivity contribution in [1.29, 1.82) is 0 Å². The molecule has 0 heterocycles. The standard InChI is InChI=1S/C15H12ClNO4/c1-21-11-5-3-10(4-6-11)17-14(18)13-8-9(16)2-7-12(13)15(19)20/h2-8H,1H3,(H,17,18)(H,19,20). The maximum absolute atomic E-state index is 12.2. The Labute approximate surface area is 126 Å². The normalized spacial score (nSPS) is 10.0. The molecule has 0 radical (unpaired) electrons. The Morgan fingerprint density at radius 2 is 1.76 bits per heavy atom. The smallest absolute Gasteiger partial charge is 0.336 e. The van der Waals surface area contributed by atoms with Crippen LogP contribution in [0.3, 0.4) is 0 Å². The molecular weight excluding hydrogens is 294 g/mol. The fourth-order valence-electron chi connectivity index (χ4n) is 1.76. The van der Waals surface area contributed by atoms with E-state index < -0.39 is 11.9 Å². The summed E-state index contributed by atoms with van der Waals surface area (Å²) in [6.07, 6.45) is 0. The molecule has 108 valence electrons. The molecule has 2 rings (SSSR count). The van der Waals surface area contributed by atoms with E-state index >= 15 is 0 Å². The van der Waals surface area contributed by atoms with Gasteiger partial charge in [0.15, 0.2) is 0 Å². The lowest BCUT2D eigenvalue weighted by molar-refractivity contribution is 0.0692. The van der Waals surface area contributed by atoms with Crippen LogP contribution in [0.25, 0.3) is 0 Å². The predicted octanol–water partition coefficient (Wildman–Crippen LogP) is 3.30. The number of ether oxygens (including phenoxy) is 1. The first-order valence-corrected chi connectivity index (χ1v) is 6.37. The second kappa shape index (κ2) is 6.28. The summed E-state index contributed by atoms with van der Waals surface area (Å²) in [6.45, 7) is 0. The van der Waals surface area contributed by atoms with E-state index in [-0.39, 0.29) is 11.1 Å². The van der Waals surface area contributed by atoms with Crippen LogP contribution in [0.15, 0.2) is 42.5 Å². The van der Waals surface area contributed by atoms with Crippen LogP contribution < -0.4 is 10.1 Å². The molecule has 0 fully saturated rings. The van der Waals surface area contributed by atoms with Crippen molar-refractivity contribution in [1.82, 2.24) is 0 Å². The molecular formula is C15H12ClNO4. The van der Waals surface area contributed by atoms with Crippen molar-refractivity contribution in [2.24, 2.45) is 0 Å². The van der Waals surface area contributed by atoms with Gasteiger partial charge in [-0.1, -0.05) is 11.6 Å². The number of aromatic carboxylic acids is 1. The zero-order chi connectivity index (χ0) is 15.4. The Bertz CT molecular complexity index is 683. The maximum Gasteiger partial charge on any atom is 0.336 e. The number of carboxylic acid groups (broad SMARTS) is 1. The number of carbonyl (C=O) groups is 2. The number of hydrogen-bond donors (Lipinski definition) is 2. The van der Waals surface area contributed by atoms with Crippen LogP contribution in [0.2, 0.25) is 5.02 Å². The Morgan fingerprint density at radius 1 is 1.10 bits per heavy atom. The number of halogens is 1. The molecule has 2 aromatic carbocycles. The van der Waals surface area contributed by atoms with Crippen molar-refractivity contribution in [2.75, 3.05) is 12.4 Å². The molecule has 0 aliphatic carbocycles. The maximum atomic E-state index is 12.2. The van der Waals surface area contributed by atoms with E-state index in [2.05, 4.69) is 5.32 Å². The fraction of sp³-hybridized carbons (Fsp3) is 0.0667. The van der Waals surface area contributed by atoms with Crippen LogP contribution in [0.5, 0.6) is 5.75 Å². The number of benzene rings is 2. The first-order chi connectivity index (χ1) is 10.0. The highest BCUT2D eigenvalue weighted by Gasteiger charge is 2.17. The van der Waals surface area contributed by atoms with Gasteiger partial charge in [-0.3, -0.25) is 4.79 Å². The third-order valence-electron chi connectivity index (χ3n) is 2.80. The third kappa shape index (κ3) is 3.52. The zero-order valence-corrected chi connectivity index (χ0v) is 11.8. The molecule has 0 spiro atoms. The van der Waals surface area contributed by atoms with Crippen molar-refractivity contribution in [3.63, 3.8) is 0 Å². The second-order valence-corrected chi connectivity index (χ2v) is 4.61. The van der Waals surface area contributed by atoms with Crippen LogP contribution >= 0.6 is 11.6 Å². The third-order valence-corrected chi connectivity index (χ3v) is 3.04. The molecule has 0 aliphatic heterocycles. The number of nitrogens with one attached hydrogen (secondary N) is 1. The lowest BCUT2D eigenvalue weighted by Crippen LogP contribution is -2.16. The minimum Gasteiger partial charge on any atom is -0.497 e. The molecule has 1 amide bonds. The Morgan fingerprint density at radius 3 is 2.33 bits per heavy atom. The summed E-state index contributed by atoms with van der Waals surface area (Å²) >= 11 is 5.82. The summed E-state index contributed by atoms with van der Waals surface area (Å²) < 4.78 is 5.02. The number of amides is 1. The van der Waals surface area contributed by atoms with Crippen LogP contribution in [-0.2, 0) is 0 Å². The topological polar surface area (TPSA) is 75.6 Å². The van der Waals surface area contributed by atoms with E-state index in [0.717, 1.165) is 0 Å². The van der Waals surface area contributed by atoms with Gasteiger partial charge in [-0.2, -0.15) is 0 Å². The highest BCUT2D eigenvalue weighted by molar-refractivity contribution is 6.31. The van der Waals surface area contributed by atoms with Gasteiger partial charge in [0.2, 0.25) is 0 Å². The number of hydrogen-bond acceptors (Lipinski definition) is 3. The van der Waals surface area contributed by atoms with Crippen molar-refractivity contribution < 1.29 is 19.4 Å². The molecule has 0 unspecified atom stereocenters. The second-order valence-electron chi connectivity index (χ2n) is 4.18. The summed E-state index contributed by atoms with van der Waals surface area (Å²) in [5, 5.41) is 12.0. The molecule has 21 heavy (non-hydrogen) atoms. The quantitative estimate of drug-likeness (QED) is 0.908. The molecule has 6 heteroatoms. The lowest BCUT2D eigenvalue weighted by Gasteiger charge is -2.09. The molecule has 0 saturated heterocycles. The van der Waals surface area contributed by atoms with Gasteiger partial charge >= 0.3 is 5.97 Å². The average Bonchev–Trinajstić information content (AvgIpc) is 2.47. The number of carboxylic acids is 1. The van der Waals surface area contributed by atoms with Gasteiger partial charge in [-0.15, -0.1) is 0 Å². The van der Waals surface area contributed by atoms with Crippen LogP contribution in [0.4, 0.5) is 5.69 Å². The molecule has 2 aromatic rings. The van der Waals surface area contributed by atoms with E-state index in [1.807, 2.05) is 0 Å². The number of carbonyl (C=O) groups excluding carboxylic acids is 1. The molecule has 0 aliphatic rings. The molecule has 0 saturated carbocycles. The van der Waals surface area contributed by atoms with Gasteiger partial charge in [0.25, 0.3) is 5.91 Å². The molecule has 0 aromatic heterocycles. The highest BCUT2D eigenvalue weighted by Crippen LogP contribution is 2.19. The van der Waals surface area contributed by atoms with Crippen molar-refractivity contribution >= 4 is 29.2 Å². The lowest BCUT2D eigenvalue weighted by atomic mass is 10.1. The van der Waals surface area contributed by atoms with Gasteiger partial charge in [0.05, 0.1) is 18.2 Å². The first kappa shape index (κ1) is 14.9. The Hall–Kier alpha value is -2.53. The van der Waals surface area contributed by atoms with E-state index in [1.165, 1.54) is 18.2 Å². The summed E-state index contributed by atoms with van der Waals surface area (Å²) in [5.41, 5.74) is 0.424. The van der Waals surface area contributed by atoms with Gasteiger partial charge in [0, 0.05) is 10.7 Å². The Balaban J connectivity index is 2.27. The molecule has 0 bridgehead atoms. The van der Waals surface area contributed by atoms with Gasteiger partial charge in [0.1, 0.15) is 5.75 Å². The van der Waals surface area contributed by atoms with Gasteiger partial charge in [-0.05, 0) is 42.5 Å². The summed E-state index contributed by atoms with van der Waals surface area (Å²) in [6, 6.07) is 10.7. The molecule has 0 atom stereocenters. The van der Waals surface area contributed by atoms with E-state index in [0.29, 0.717) is 16.5 Å². The summed E-state index contributed by atoms with van der Waals surface area (Å²) in [7, 11) is 1.54. The van der Waals surface area contributed by atoms with Crippen LogP contribution in [0, 0.1) is 0 Å². The summed E-state index contributed by atoms with van der Waals surface area (Å²) in [5.74, 6) is -1.08. The van der Waals surface area contributed by atoms with Gasteiger partial charge in [-0.25, -0.2) is 4.79 Å². The highest BCUT2D eigenvalue weighted by atomic mass is 35.5. The molecule has 2 N–H and O–H groups in total. The number of rotatable bonds is 4. The summed E-state index contributed by atoms with van der Waals surface area (Å²) in [4.78, 5) is 23.3. The molecule has 5 nitrogen and oxygen atoms in total. The first-order valence-electron chi connectivity index (χ1n) is 5.99.